The average molecular weight is 381 g/mol. The van der Waals surface area contributed by atoms with Crippen LogP contribution in [0.25, 0.3) is 0 Å². The number of benzene rings is 2. The van der Waals surface area contributed by atoms with Gasteiger partial charge in [0.2, 0.25) is 5.91 Å². The van der Waals surface area contributed by atoms with Crippen LogP contribution >= 0.6 is 0 Å². The second-order valence-corrected chi connectivity index (χ2v) is 5.86. The van der Waals surface area contributed by atoms with Crippen LogP contribution in [-0.4, -0.2) is 41.2 Å². The lowest BCUT2D eigenvalue weighted by atomic mass is 10.1. The molecule has 0 unspecified atom stereocenters. The number of halogens is 3. The molecule has 8 heteroatoms. The fourth-order valence-corrected chi connectivity index (χ4v) is 2.40. The van der Waals surface area contributed by atoms with E-state index < -0.39 is 31.2 Å². The molecule has 0 fully saturated rings. The van der Waals surface area contributed by atoms with Crippen LogP contribution in [0.15, 0.2) is 54.6 Å². The van der Waals surface area contributed by atoms with Gasteiger partial charge >= 0.3 is 12.1 Å². The number of hydrogen-bond acceptors (Lipinski definition) is 3. The maximum atomic E-state index is 12.5. The van der Waals surface area contributed by atoms with E-state index in [2.05, 4.69) is 4.74 Å². The SMILES string of the molecule is O=C(O)CN(Cc1ccccc1)C(=O)Cc1cccc(OCC(F)(F)F)c1. The molecule has 1 amide bonds. The predicted octanol–water partition coefficient (Wildman–Crippen LogP) is 3.28. The van der Waals surface area contributed by atoms with Gasteiger partial charge < -0.3 is 14.7 Å². The molecule has 0 spiro atoms. The average Bonchev–Trinajstić information content (AvgIpc) is 2.60. The molecular formula is C19H18F3NO4. The number of carboxylic acid groups (broad SMARTS) is 1. The summed E-state index contributed by atoms with van der Waals surface area (Å²) in [6, 6.07) is 14.7. The van der Waals surface area contributed by atoms with Gasteiger partial charge in [0.1, 0.15) is 12.3 Å². The molecule has 1 N–H and O–H groups in total. The third-order valence-electron chi connectivity index (χ3n) is 3.55. The maximum Gasteiger partial charge on any atom is 0.422 e. The topological polar surface area (TPSA) is 66.8 Å². The van der Waals surface area contributed by atoms with Crippen molar-refractivity contribution in [2.75, 3.05) is 13.2 Å². The number of carbonyl (C=O) groups excluding carboxylic acids is 1. The van der Waals surface area contributed by atoms with Crippen LogP contribution in [-0.2, 0) is 22.6 Å². The van der Waals surface area contributed by atoms with Crippen LogP contribution in [0, 0.1) is 0 Å². The number of aliphatic carboxylic acids is 1. The Labute approximate surface area is 154 Å². The Morgan fingerprint density at radius 1 is 1.00 bits per heavy atom. The highest BCUT2D eigenvalue weighted by Crippen LogP contribution is 2.20. The zero-order valence-corrected chi connectivity index (χ0v) is 14.3. The first-order valence-electron chi connectivity index (χ1n) is 8.05. The molecule has 0 heterocycles. The molecule has 0 aliphatic rings. The fraction of sp³-hybridized carbons (Fsp3) is 0.263. The minimum Gasteiger partial charge on any atom is -0.484 e. The summed E-state index contributed by atoms with van der Waals surface area (Å²) in [4.78, 5) is 24.8. The van der Waals surface area contributed by atoms with Crippen molar-refractivity contribution < 1.29 is 32.6 Å². The molecule has 2 rings (SSSR count). The Bertz CT molecular complexity index is 778. The molecule has 0 aromatic heterocycles. The third-order valence-corrected chi connectivity index (χ3v) is 3.55. The molecule has 0 aliphatic heterocycles. The normalized spacial score (nSPS) is 11.1. The van der Waals surface area contributed by atoms with Gasteiger partial charge in [0, 0.05) is 6.54 Å². The third kappa shape index (κ3) is 7.39. The van der Waals surface area contributed by atoms with E-state index in [0.29, 0.717) is 5.56 Å². The zero-order valence-electron chi connectivity index (χ0n) is 14.3. The Balaban J connectivity index is 2.06. The van der Waals surface area contributed by atoms with E-state index >= 15 is 0 Å². The quantitative estimate of drug-likeness (QED) is 0.762. The van der Waals surface area contributed by atoms with Crippen LogP contribution in [0.5, 0.6) is 5.75 Å². The minimum absolute atomic E-state index is 0.00883. The first-order valence-corrected chi connectivity index (χ1v) is 8.05. The minimum atomic E-state index is -4.46. The van der Waals surface area contributed by atoms with Crippen molar-refractivity contribution in [3.63, 3.8) is 0 Å². The summed E-state index contributed by atoms with van der Waals surface area (Å²) >= 11 is 0. The first kappa shape index (κ1) is 20.3. The molecule has 5 nitrogen and oxygen atoms in total. The van der Waals surface area contributed by atoms with E-state index in [1.807, 2.05) is 0 Å². The Morgan fingerprint density at radius 2 is 1.67 bits per heavy atom. The van der Waals surface area contributed by atoms with Crippen molar-refractivity contribution in [3.05, 3.63) is 65.7 Å². The Morgan fingerprint density at radius 3 is 2.30 bits per heavy atom. The summed E-state index contributed by atoms with van der Waals surface area (Å²) in [5.74, 6) is -1.61. The van der Waals surface area contributed by atoms with Crippen molar-refractivity contribution in [2.24, 2.45) is 0 Å². The van der Waals surface area contributed by atoms with Gasteiger partial charge in [-0.25, -0.2) is 0 Å². The fourth-order valence-electron chi connectivity index (χ4n) is 2.40. The number of carboxylic acids is 1. The van der Waals surface area contributed by atoms with Crippen LogP contribution in [0.4, 0.5) is 13.2 Å². The Hall–Kier alpha value is -3.03. The van der Waals surface area contributed by atoms with E-state index in [1.54, 1.807) is 36.4 Å². The summed E-state index contributed by atoms with van der Waals surface area (Å²) in [7, 11) is 0. The van der Waals surface area contributed by atoms with E-state index in [9.17, 15) is 22.8 Å². The summed E-state index contributed by atoms with van der Waals surface area (Å²) in [5, 5.41) is 9.05. The van der Waals surface area contributed by atoms with Gasteiger partial charge in [-0.3, -0.25) is 9.59 Å². The number of ether oxygens (including phenoxy) is 1. The smallest absolute Gasteiger partial charge is 0.422 e. The van der Waals surface area contributed by atoms with Gasteiger partial charge in [-0.15, -0.1) is 0 Å². The summed E-state index contributed by atoms with van der Waals surface area (Å²) < 4.78 is 41.4. The lowest BCUT2D eigenvalue weighted by molar-refractivity contribution is -0.153. The van der Waals surface area contributed by atoms with Crippen LogP contribution in [0.3, 0.4) is 0 Å². The largest absolute Gasteiger partial charge is 0.484 e. The summed E-state index contributed by atoms with van der Waals surface area (Å²) in [6.07, 6.45) is -4.61. The molecule has 0 radical (unpaired) electrons. The first-order chi connectivity index (χ1) is 12.7. The van der Waals surface area contributed by atoms with Crippen LogP contribution in [0.2, 0.25) is 0 Å². The van der Waals surface area contributed by atoms with Crippen LogP contribution < -0.4 is 4.74 Å². The highest BCUT2D eigenvalue weighted by atomic mass is 19.4. The highest BCUT2D eigenvalue weighted by molar-refractivity contribution is 5.83. The van der Waals surface area contributed by atoms with E-state index in [1.165, 1.54) is 23.1 Å². The second kappa shape index (κ2) is 9.07. The molecule has 0 bridgehead atoms. The van der Waals surface area contributed by atoms with Gasteiger partial charge in [-0.2, -0.15) is 13.2 Å². The van der Waals surface area contributed by atoms with Crippen LogP contribution in [0.1, 0.15) is 11.1 Å². The molecular weight excluding hydrogens is 363 g/mol. The van der Waals surface area contributed by atoms with Gasteiger partial charge in [0.25, 0.3) is 0 Å². The highest BCUT2D eigenvalue weighted by Gasteiger charge is 2.28. The summed E-state index contributed by atoms with van der Waals surface area (Å²) in [5.41, 5.74) is 1.21. The molecule has 2 aromatic carbocycles. The maximum absolute atomic E-state index is 12.5. The molecule has 0 atom stereocenters. The lowest BCUT2D eigenvalue weighted by Gasteiger charge is -2.21. The standard InChI is InChI=1S/C19H18F3NO4/c20-19(21,22)13-27-16-8-4-7-15(9-16)10-17(24)23(12-18(25)26)11-14-5-2-1-3-6-14/h1-9H,10-13H2,(H,25,26). The molecule has 0 saturated carbocycles. The van der Waals surface area contributed by atoms with Gasteiger partial charge in [0.15, 0.2) is 6.61 Å². The molecule has 27 heavy (non-hydrogen) atoms. The number of alkyl halides is 3. The van der Waals surface area contributed by atoms with Gasteiger partial charge in [-0.1, -0.05) is 42.5 Å². The molecule has 2 aromatic rings. The molecule has 0 aliphatic carbocycles. The van der Waals surface area contributed by atoms with Gasteiger partial charge in [0.05, 0.1) is 6.42 Å². The number of rotatable bonds is 8. The summed E-state index contributed by atoms with van der Waals surface area (Å²) in [6.45, 7) is -1.78. The van der Waals surface area contributed by atoms with E-state index in [-0.39, 0.29) is 18.7 Å². The van der Waals surface area contributed by atoms with Crippen molar-refractivity contribution in [1.82, 2.24) is 4.90 Å². The second-order valence-electron chi connectivity index (χ2n) is 5.86. The lowest BCUT2D eigenvalue weighted by Crippen LogP contribution is -2.36. The van der Waals surface area contributed by atoms with Crippen molar-refractivity contribution in [3.8, 4) is 5.75 Å². The number of hydrogen-bond donors (Lipinski definition) is 1. The molecule has 144 valence electrons. The molecule has 0 saturated heterocycles. The van der Waals surface area contributed by atoms with E-state index in [4.69, 9.17) is 5.11 Å². The monoisotopic (exact) mass is 381 g/mol. The van der Waals surface area contributed by atoms with Crippen molar-refractivity contribution >= 4 is 11.9 Å². The van der Waals surface area contributed by atoms with Crippen molar-refractivity contribution in [2.45, 2.75) is 19.1 Å². The number of nitrogens with zero attached hydrogens (tertiary/aromatic N) is 1. The Kier molecular flexibility index (Phi) is 6.81. The number of amides is 1. The number of carbonyl (C=O) groups is 2. The zero-order chi connectivity index (χ0) is 19.9. The predicted molar refractivity (Wildman–Crippen MR) is 91.2 cm³/mol. The van der Waals surface area contributed by atoms with Crippen molar-refractivity contribution in [1.29, 1.82) is 0 Å². The van der Waals surface area contributed by atoms with Gasteiger partial charge in [-0.05, 0) is 23.3 Å². The van der Waals surface area contributed by atoms with E-state index in [0.717, 1.165) is 5.56 Å².